The van der Waals surface area contributed by atoms with E-state index in [1.165, 1.54) is 106 Å². The Bertz CT molecular complexity index is 5080. The third-order valence-electron chi connectivity index (χ3n) is 21.4. The molecule has 652 valence electrons. The van der Waals surface area contributed by atoms with Crippen LogP contribution >= 0.6 is 43.2 Å². The monoisotopic (exact) mass is 1760 g/mol. The third-order valence-corrected chi connectivity index (χ3v) is 26.1. The lowest BCUT2D eigenvalue weighted by molar-refractivity contribution is -0.385. The summed E-state index contributed by atoms with van der Waals surface area (Å²) in [4.78, 5) is 144. The Morgan fingerprint density at radius 3 is 1.49 bits per heavy atom. The summed E-state index contributed by atoms with van der Waals surface area (Å²) in [7, 11) is 10.1. The molecule has 0 radical (unpaired) electrons. The van der Waals surface area contributed by atoms with Gasteiger partial charge in [0.1, 0.15) is 28.2 Å². The van der Waals surface area contributed by atoms with Crippen LogP contribution in [0.1, 0.15) is 135 Å². The SMILES string of the molecule is C=C1C[C@@H](CO)N(C(=O)c2cc(OC)c(OCCCCCOc3cc4c(cc3OC)C(=O)N3CC(=C)C[C@H]3C(=O)C4)cc2NC(=O)OCCCSSc2ccc([N+](=O)[O-])cn2)C1.C=C1C[C@H]2C(=O)Cc3cc(OCCCCCOc4cc5c(cc4C)C(=O)N4CC(=C)C[C@H]4[C@H](O)N5C(=O)OCCCSSc4ccc([N+](=O)[O-])cn4)c(OC)cc3C(=O)N2C1. The molecule has 5 atom stereocenters. The minimum absolute atomic E-state index is 0.0208. The summed E-state index contributed by atoms with van der Waals surface area (Å²) in [5, 5.41) is 47.3. The third kappa shape index (κ3) is 22.2. The average molecular weight is 1770 g/mol. The number of aliphatic hydroxyl groups is 2. The number of Topliss-reactive ketones (excluding diaryl/α,β-unsaturated/α-hetero) is 2. The Hall–Kier alpha value is -11.4. The van der Waals surface area contributed by atoms with Gasteiger partial charge in [-0.3, -0.25) is 54.3 Å². The number of rotatable bonds is 36. The summed E-state index contributed by atoms with van der Waals surface area (Å²) in [5.74, 6) is 2.68. The summed E-state index contributed by atoms with van der Waals surface area (Å²) in [6.45, 7) is 20.2. The van der Waals surface area contributed by atoms with E-state index in [1.807, 2.05) is 6.92 Å². The number of nitro groups is 2. The van der Waals surface area contributed by atoms with Crippen LogP contribution in [-0.4, -0.2) is 233 Å². The van der Waals surface area contributed by atoms with E-state index < -0.39 is 58.3 Å². The van der Waals surface area contributed by atoms with Gasteiger partial charge in [-0.25, -0.2) is 24.5 Å². The van der Waals surface area contributed by atoms with Crippen molar-refractivity contribution in [3.63, 3.8) is 0 Å². The van der Waals surface area contributed by atoms with E-state index >= 15 is 0 Å². The number of hydrogen-bond donors (Lipinski definition) is 3. The van der Waals surface area contributed by atoms with Crippen LogP contribution in [0, 0.1) is 27.2 Å². The molecule has 3 N–H and O–H groups in total. The Morgan fingerprint density at radius 2 is 1.00 bits per heavy atom. The van der Waals surface area contributed by atoms with E-state index in [0.717, 1.165) is 33.6 Å². The van der Waals surface area contributed by atoms with Crippen molar-refractivity contribution in [3.8, 4) is 40.2 Å². The fraction of sp³-hybridized carbons (Fsp3) is 0.419. The Balaban J connectivity index is 0.000000225. The molecule has 0 saturated carbocycles. The number of carbonyl (C=O) groups excluding carboxylic acids is 8. The molecular weight excluding hydrogens is 1670 g/mol. The number of hydrogen-bond acceptors (Lipinski definition) is 29. The van der Waals surface area contributed by atoms with Gasteiger partial charge in [0.05, 0.1) is 124 Å². The summed E-state index contributed by atoms with van der Waals surface area (Å²) in [6, 6.07) is 16.8. The predicted molar refractivity (Wildman–Crippen MR) is 461 cm³/mol. The van der Waals surface area contributed by atoms with E-state index in [2.05, 4.69) is 41.6 Å². The van der Waals surface area contributed by atoms with Gasteiger partial charge in [-0.1, -0.05) is 70.2 Å². The normalized spacial score (nSPS) is 18.2. The van der Waals surface area contributed by atoms with Crippen molar-refractivity contribution < 1.29 is 101 Å². The fourth-order valence-corrected chi connectivity index (χ4v) is 19.1. The maximum atomic E-state index is 13.9. The summed E-state index contributed by atoms with van der Waals surface area (Å²) in [5.41, 5.74) is 6.57. The van der Waals surface area contributed by atoms with Gasteiger partial charge in [0, 0.05) is 85.9 Å². The van der Waals surface area contributed by atoms with Crippen molar-refractivity contribution in [3.05, 3.63) is 193 Å². The number of aliphatic hydroxyl groups excluding tert-OH is 2. The van der Waals surface area contributed by atoms with Crippen molar-refractivity contribution in [2.75, 3.05) is 115 Å². The van der Waals surface area contributed by atoms with E-state index in [4.69, 9.17) is 42.6 Å². The van der Waals surface area contributed by atoms with Gasteiger partial charge in [0.15, 0.2) is 52.3 Å². The number of nitrogens with one attached hydrogen (secondary N) is 1. The molecule has 0 spiro atoms. The van der Waals surface area contributed by atoms with Crippen molar-refractivity contribution >= 4 is 113 Å². The lowest BCUT2D eigenvalue weighted by Gasteiger charge is -2.31. The van der Waals surface area contributed by atoms with Crippen molar-refractivity contribution in [2.24, 2.45) is 0 Å². The Labute approximate surface area is 725 Å². The number of amides is 6. The maximum absolute atomic E-state index is 13.9. The molecule has 9 heterocycles. The molecule has 7 aliphatic heterocycles. The van der Waals surface area contributed by atoms with E-state index in [-0.39, 0.29) is 127 Å². The molecule has 0 unspecified atom stereocenters. The standard InChI is InChI=1S/C43H49N5O12S2.C43H47N5O11S2/c1-26-15-30(25-49)46(23-26)42(52)32-20-37(57-4)39(21-33(32)45-43(53)60-13-8-14-61-62-40-10-9-29(22-44-40)48(54)55)59-12-7-5-6-11-58-38-18-28-17-35(50)34-16-27(2)24-47(34)41(51)31(28)19-36(38)56-3;1-25-15-33-35(49)18-28-19-38(37(56-4)20-30(28)40(50)45(33)23-25)58-12-7-5-6-11-57-36-21-32-31(17-27(36)3)41(51)46-24-26(2)16-34(46)42(52)47(32)43(53)59-13-8-14-60-61-39-10-9-29(22-44-39)48(54)55/h9-10,18-22,30,34,49H,1-2,5-8,11-17,23-25H2,3-4H3,(H,45,53);9-10,17,19-22,33-34,42,52H,1-2,5-8,11-16,18,23-24H2,3-4H3/t30-,34-;33-,34-,42-/m00/s1. The van der Waals surface area contributed by atoms with E-state index in [9.17, 15) is 68.8 Å². The zero-order valence-corrected chi connectivity index (χ0v) is 71.8. The zero-order valence-electron chi connectivity index (χ0n) is 68.5. The van der Waals surface area contributed by atoms with Crippen LogP contribution in [-0.2, 0) is 31.9 Å². The first-order chi connectivity index (χ1) is 59.2. The van der Waals surface area contributed by atoms with Gasteiger partial charge in [0.2, 0.25) is 0 Å². The van der Waals surface area contributed by atoms with Gasteiger partial charge >= 0.3 is 12.2 Å². The molecule has 4 aromatic carbocycles. The number of aryl methyl sites for hydroxylation is 1. The first-order valence-corrected chi connectivity index (χ1v) is 44.6. The molecule has 13 rings (SSSR count). The number of fused-ring (bicyclic) bond motifs is 6. The molecule has 2 aromatic heterocycles. The van der Waals surface area contributed by atoms with Crippen LogP contribution < -0.4 is 43.4 Å². The van der Waals surface area contributed by atoms with Crippen LogP contribution in [0.2, 0.25) is 0 Å². The number of ketones is 2. The zero-order chi connectivity index (χ0) is 87.7. The largest absolute Gasteiger partial charge is 0.493 e. The highest BCUT2D eigenvalue weighted by Gasteiger charge is 2.47. The molecule has 0 aliphatic carbocycles. The second-order valence-corrected chi connectivity index (χ2v) is 35.1. The number of aromatic nitrogens is 2. The number of carbonyl (C=O) groups is 8. The summed E-state index contributed by atoms with van der Waals surface area (Å²) < 4.78 is 52.3. The molecular formula is C86H96N10O23S4. The Kier molecular flexibility index (Phi) is 31.1. The van der Waals surface area contributed by atoms with Crippen LogP contribution in [0.25, 0.3) is 0 Å². The number of ether oxygens (including phenoxy) is 9. The molecule has 4 saturated heterocycles. The number of nitrogens with zero attached hydrogens (tertiary/aromatic N) is 9. The maximum Gasteiger partial charge on any atom is 0.416 e. The second kappa shape index (κ2) is 42.1. The summed E-state index contributed by atoms with van der Waals surface area (Å²) in [6.07, 6.45) is 6.43. The topological polar surface area (TPSA) is 400 Å². The summed E-state index contributed by atoms with van der Waals surface area (Å²) >= 11 is 0. The molecule has 123 heavy (non-hydrogen) atoms. The van der Waals surface area contributed by atoms with Crippen molar-refractivity contribution in [1.29, 1.82) is 0 Å². The molecule has 7 aliphatic rings. The highest BCUT2D eigenvalue weighted by molar-refractivity contribution is 8.77. The average Bonchev–Trinajstić information content (AvgIpc) is 1.61. The van der Waals surface area contributed by atoms with E-state index in [1.54, 1.807) is 63.2 Å². The van der Waals surface area contributed by atoms with Gasteiger partial charge in [-0.15, -0.1) is 0 Å². The lowest BCUT2D eigenvalue weighted by atomic mass is 9.99. The quantitative estimate of drug-likeness (QED) is 0.0108. The minimum atomic E-state index is -1.40. The highest BCUT2D eigenvalue weighted by Crippen LogP contribution is 2.44. The van der Waals surface area contributed by atoms with Crippen LogP contribution in [0.5, 0.6) is 40.2 Å². The van der Waals surface area contributed by atoms with Gasteiger partial charge in [0.25, 0.3) is 35.0 Å². The minimum Gasteiger partial charge on any atom is -0.493 e. The predicted octanol–water partition coefficient (Wildman–Crippen LogP) is 13.4. The molecule has 33 nitrogen and oxygen atoms in total. The first-order valence-electron chi connectivity index (χ1n) is 40.0. The van der Waals surface area contributed by atoms with Crippen molar-refractivity contribution in [1.82, 2.24) is 29.6 Å². The number of benzene rings is 4. The molecule has 0 bridgehead atoms. The van der Waals surface area contributed by atoms with Crippen LogP contribution in [0.3, 0.4) is 0 Å². The first kappa shape index (κ1) is 90.8. The smallest absolute Gasteiger partial charge is 0.416 e. The number of unbranched alkanes of at least 4 members (excludes halogenated alkanes) is 4. The van der Waals surface area contributed by atoms with Gasteiger partial charge < -0.3 is 72.4 Å². The number of pyridine rings is 2. The van der Waals surface area contributed by atoms with Gasteiger partial charge in [-0.2, -0.15) is 0 Å². The van der Waals surface area contributed by atoms with Crippen LogP contribution in [0.4, 0.5) is 32.3 Å². The number of methoxy groups -OCH3 is 3. The number of likely N-dealkylation sites (tertiary alicyclic amines) is 1. The lowest BCUT2D eigenvalue weighted by Crippen LogP contribution is -2.51. The van der Waals surface area contributed by atoms with Crippen LogP contribution in [0.15, 0.2) is 144 Å². The second-order valence-electron chi connectivity index (χ2n) is 30.2. The molecule has 37 heteroatoms. The Morgan fingerprint density at radius 1 is 0.537 bits per heavy atom. The number of anilines is 2. The molecule has 4 fully saturated rings. The van der Waals surface area contributed by atoms with Gasteiger partial charge in [-0.05, 0) is 171 Å². The van der Waals surface area contributed by atoms with E-state index in [0.29, 0.717) is 182 Å². The fourth-order valence-electron chi connectivity index (χ4n) is 15.2. The molecule has 6 aromatic rings. The molecule has 6 amide bonds. The highest BCUT2D eigenvalue weighted by atomic mass is 33.1. The van der Waals surface area contributed by atoms with Crippen molar-refractivity contribution in [2.45, 2.75) is 137 Å².